The molecule has 0 radical (unpaired) electrons. The van der Waals surface area contributed by atoms with E-state index in [0.29, 0.717) is 6.54 Å². The monoisotopic (exact) mass is 359 g/mol. The summed E-state index contributed by atoms with van der Waals surface area (Å²) >= 11 is 0. The Hall–Kier alpha value is -2.90. The molecule has 0 atom stereocenters. The van der Waals surface area contributed by atoms with Gasteiger partial charge in [-0.3, -0.25) is 29.0 Å². The second kappa shape index (κ2) is 8.46. The number of H-pyrrole nitrogens is 1. The molecule has 0 aliphatic heterocycles. The Labute approximate surface area is 151 Å². The van der Waals surface area contributed by atoms with Crippen LogP contribution in [-0.2, 0) is 6.54 Å². The summed E-state index contributed by atoms with van der Waals surface area (Å²) in [7, 11) is 0. The van der Waals surface area contributed by atoms with E-state index < -0.39 is 17.2 Å². The molecule has 0 saturated carbocycles. The van der Waals surface area contributed by atoms with Gasteiger partial charge in [-0.25, -0.2) is 4.79 Å². The maximum Gasteiger partial charge on any atom is 0.330 e. The van der Waals surface area contributed by atoms with E-state index in [1.54, 1.807) is 18.2 Å². The molecule has 3 N–H and O–H groups in total. The van der Waals surface area contributed by atoms with Crippen LogP contribution in [0.15, 0.2) is 34.0 Å². The zero-order valence-electron chi connectivity index (χ0n) is 15.4. The molecule has 0 saturated heterocycles. The van der Waals surface area contributed by atoms with Crippen LogP contribution in [0.5, 0.6) is 0 Å². The zero-order chi connectivity index (χ0) is 19.3. The Morgan fingerprint density at radius 2 is 2.08 bits per heavy atom. The zero-order valence-corrected chi connectivity index (χ0v) is 15.4. The Kier molecular flexibility index (Phi) is 6.32. The molecule has 8 nitrogen and oxygen atoms in total. The summed E-state index contributed by atoms with van der Waals surface area (Å²) in [5, 5.41) is 0. The number of carbonyl (C=O) groups is 1. The first-order valence-corrected chi connectivity index (χ1v) is 8.72. The molecule has 0 bridgehead atoms. The second-order valence-corrected chi connectivity index (χ2v) is 6.52. The molecule has 0 aliphatic carbocycles. The van der Waals surface area contributed by atoms with E-state index in [-0.39, 0.29) is 29.7 Å². The number of unbranched alkanes of at least 4 members (excludes halogenated alkanes) is 1. The van der Waals surface area contributed by atoms with Crippen molar-refractivity contribution in [2.45, 2.75) is 40.2 Å². The molecule has 26 heavy (non-hydrogen) atoms. The number of nitrogens with zero attached hydrogens (tertiary/aromatic N) is 3. The standard InChI is InChI=1S/C18H25N5O3/c1-4-5-10-22-15(19)14(16(24)21-18(22)26)23(11-12(2)3)17(25)13-8-6-7-9-20-13/h6-9,12H,4-5,10-11,19H2,1-3H3,(H,21,24,26). The molecule has 2 rings (SSSR count). The van der Waals surface area contributed by atoms with Gasteiger partial charge in [-0.05, 0) is 24.5 Å². The van der Waals surface area contributed by atoms with Crippen LogP contribution in [0.2, 0.25) is 0 Å². The van der Waals surface area contributed by atoms with Crippen LogP contribution >= 0.6 is 0 Å². The first-order valence-electron chi connectivity index (χ1n) is 8.72. The Bertz CT molecular complexity index is 871. The number of carbonyl (C=O) groups excluding carboxylic acids is 1. The van der Waals surface area contributed by atoms with Crippen molar-refractivity contribution in [3.63, 3.8) is 0 Å². The highest BCUT2D eigenvalue weighted by Crippen LogP contribution is 2.20. The van der Waals surface area contributed by atoms with Crippen LogP contribution in [0, 0.1) is 5.92 Å². The van der Waals surface area contributed by atoms with Crippen molar-refractivity contribution in [1.29, 1.82) is 0 Å². The van der Waals surface area contributed by atoms with Gasteiger partial charge in [0.05, 0.1) is 0 Å². The van der Waals surface area contributed by atoms with Gasteiger partial charge in [0, 0.05) is 19.3 Å². The van der Waals surface area contributed by atoms with E-state index in [0.717, 1.165) is 12.8 Å². The van der Waals surface area contributed by atoms with Crippen LogP contribution in [-0.4, -0.2) is 27.0 Å². The first kappa shape index (κ1) is 19.4. The lowest BCUT2D eigenvalue weighted by molar-refractivity contribution is 0.0978. The average Bonchev–Trinajstić information content (AvgIpc) is 2.60. The number of pyridine rings is 1. The predicted molar refractivity (Wildman–Crippen MR) is 101 cm³/mol. The lowest BCUT2D eigenvalue weighted by atomic mass is 10.1. The lowest BCUT2D eigenvalue weighted by Gasteiger charge is -2.25. The average molecular weight is 359 g/mol. The largest absolute Gasteiger partial charge is 0.383 e. The molecule has 0 aliphatic rings. The fourth-order valence-electron chi connectivity index (χ4n) is 2.64. The smallest absolute Gasteiger partial charge is 0.330 e. The van der Waals surface area contributed by atoms with Gasteiger partial charge in [-0.1, -0.05) is 33.3 Å². The fourth-order valence-corrected chi connectivity index (χ4v) is 2.64. The molecule has 0 fully saturated rings. The van der Waals surface area contributed by atoms with Crippen LogP contribution in [0.3, 0.4) is 0 Å². The van der Waals surface area contributed by atoms with Crippen molar-refractivity contribution in [2.24, 2.45) is 5.92 Å². The summed E-state index contributed by atoms with van der Waals surface area (Å²) in [6, 6.07) is 4.98. The minimum Gasteiger partial charge on any atom is -0.383 e. The quantitative estimate of drug-likeness (QED) is 0.779. The molecule has 2 heterocycles. The number of aromatic amines is 1. The number of rotatable bonds is 7. The fraction of sp³-hybridized carbons (Fsp3) is 0.444. The van der Waals surface area contributed by atoms with E-state index in [9.17, 15) is 14.4 Å². The normalized spacial score (nSPS) is 10.9. The van der Waals surface area contributed by atoms with E-state index in [1.165, 1.54) is 15.7 Å². The number of aromatic nitrogens is 3. The number of amides is 1. The maximum absolute atomic E-state index is 13.0. The molecule has 1 amide bonds. The predicted octanol–water partition coefficient (Wildman–Crippen LogP) is 1.62. The molecule has 0 spiro atoms. The molecule has 2 aromatic heterocycles. The summed E-state index contributed by atoms with van der Waals surface area (Å²) in [5.74, 6) is -0.355. The van der Waals surface area contributed by atoms with Crippen LogP contribution in [0.1, 0.15) is 44.1 Å². The van der Waals surface area contributed by atoms with Gasteiger partial charge in [-0.2, -0.15) is 0 Å². The van der Waals surface area contributed by atoms with Gasteiger partial charge in [0.2, 0.25) is 0 Å². The summed E-state index contributed by atoms with van der Waals surface area (Å²) in [6.45, 7) is 6.49. The van der Waals surface area contributed by atoms with Gasteiger partial charge >= 0.3 is 5.69 Å². The third kappa shape index (κ3) is 4.19. The number of anilines is 2. The van der Waals surface area contributed by atoms with Crippen molar-refractivity contribution < 1.29 is 4.79 Å². The third-order valence-corrected chi connectivity index (χ3v) is 3.90. The Balaban J connectivity index is 2.60. The summed E-state index contributed by atoms with van der Waals surface area (Å²) in [6.07, 6.45) is 3.10. The van der Waals surface area contributed by atoms with Gasteiger partial charge < -0.3 is 5.73 Å². The SMILES string of the molecule is CCCCn1c(N)c(N(CC(C)C)C(=O)c2ccccn2)c(=O)[nH]c1=O. The van der Waals surface area contributed by atoms with E-state index in [2.05, 4.69) is 9.97 Å². The third-order valence-electron chi connectivity index (χ3n) is 3.90. The van der Waals surface area contributed by atoms with Crippen molar-refractivity contribution in [3.8, 4) is 0 Å². The van der Waals surface area contributed by atoms with Crippen molar-refractivity contribution >= 4 is 17.4 Å². The molecule has 140 valence electrons. The number of nitrogens with two attached hydrogens (primary N) is 1. The number of nitrogens with one attached hydrogen (secondary N) is 1. The molecule has 2 aromatic rings. The number of nitrogen functional groups attached to an aromatic ring is 1. The first-order chi connectivity index (χ1) is 12.4. The molecular formula is C18H25N5O3. The van der Waals surface area contributed by atoms with Gasteiger partial charge in [-0.15, -0.1) is 0 Å². The van der Waals surface area contributed by atoms with Crippen molar-refractivity contribution in [1.82, 2.24) is 14.5 Å². The van der Waals surface area contributed by atoms with Gasteiger partial charge in [0.1, 0.15) is 11.5 Å². The van der Waals surface area contributed by atoms with Gasteiger partial charge in [0.15, 0.2) is 5.69 Å². The Morgan fingerprint density at radius 3 is 2.65 bits per heavy atom. The lowest BCUT2D eigenvalue weighted by Crippen LogP contribution is -2.43. The van der Waals surface area contributed by atoms with E-state index in [4.69, 9.17) is 5.73 Å². The number of hydrogen-bond donors (Lipinski definition) is 2. The van der Waals surface area contributed by atoms with Crippen LogP contribution < -0.4 is 21.9 Å². The molecule has 0 unspecified atom stereocenters. The van der Waals surface area contributed by atoms with E-state index in [1.807, 2.05) is 20.8 Å². The highest BCUT2D eigenvalue weighted by molar-refractivity contribution is 6.05. The highest BCUT2D eigenvalue weighted by atomic mass is 16.2. The second-order valence-electron chi connectivity index (χ2n) is 6.52. The maximum atomic E-state index is 13.0. The topological polar surface area (TPSA) is 114 Å². The van der Waals surface area contributed by atoms with Crippen LogP contribution in [0.4, 0.5) is 11.5 Å². The molecule has 0 aromatic carbocycles. The molecule has 8 heteroatoms. The Morgan fingerprint density at radius 1 is 1.35 bits per heavy atom. The summed E-state index contributed by atoms with van der Waals surface area (Å²) < 4.78 is 1.30. The van der Waals surface area contributed by atoms with Crippen molar-refractivity contribution in [3.05, 3.63) is 50.9 Å². The van der Waals surface area contributed by atoms with Crippen molar-refractivity contribution in [2.75, 3.05) is 17.2 Å². The molecular weight excluding hydrogens is 334 g/mol. The minimum absolute atomic E-state index is 0.00266. The van der Waals surface area contributed by atoms with Crippen LogP contribution in [0.25, 0.3) is 0 Å². The highest BCUT2D eigenvalue weighted by Gasteiger charge is 2.26. The number of hydrogen-bond acceptors (Lipinski definition) is 5. The summed E-state index contributed by atoms with van der Waals surface area (Å²) in [5.41, 5.74) is 5.10. The van der Waals surface area contributed by atoms with Gasteiger partial charge in [0.25, 0.3) is 11.5 Å². The minimum atomic E-state index is -0.676. The summed E-state index contributed by atoms with van der Waals surface area (Å²) in [4.78, 5) is 45.2. The van der Waals surface area contributed by atoms with E-state index >= 15 is 0 Å².